The number of aromatic nitrogens is 1. The van der Waals surface area contributed by atoms with Gasteiger partial charge in [-0.3, -0.25) is 9.78 Å². The van der Waals surface area contributed by atoms with Gasteiger partial charge >= 0.3 is 5.97 Å². The minimum Gasteiger partial charge on any atom is -0.487 e. The summed E-state index contributed by atoms with van der Waals surface area (Å²) in [6.07, 6.45) is 3.35. The minimum atomic E-state index is -0.855. The first-order valence-electron chi connectivity index (χ1n) is 4.89. The number of hydrogen-bond donors (Lipinski definition) is 2. The van der Waals surface area contributed by atoms with Gasteiger partial charge in [0.05, 0.1) is 0 Å². The molecule has 1 aromatic rings. The lowest BCUT2D eigenvalue weighted by Crippen LogP contribution is -2.30. The summed E-state index contributed by atoms with van der Waals surface area (Å²) >= 11 is 5.88. The molecule has 0 saturated carbocycles. The number of rotatable bonds is 3. The Balaban J connectivity index is 1.97. The second-order valence-electron chi connectivity index (χ2n) is 3.58. The quantitative estimate of drug-likeness (QED) is 0.825. The van der Waals surface area contributed by atoms with Crippen LogP contribution in [0.25, 0.3) is 0 Å². The van der Waals surface area contributed by atoms with Crippen molar-refractivity contribution in [2.75, 3.05) is 6.54 Å². The standard InChI is InChI=1S/C10H11ClN2O3/c11-7-5-12-2-1-9(7)16-6-3-8(10(14)15)13-4-6/h1-2,5-6,8,13H,3-4H2,(H,14,15). The fourth-order valence-electron chi connectivity index (χ4n) is 1.62. The molecule has 1 aliphatic heterocycles. The molecule has 2 unspecified atom stereocenters. The van der Waals surface area contributed by atoms with E-state index < -0.39 is 12.0 Å². The molecule has 86 valence electrons. The summed E-state index contributed by atoms with van der Waals surface area (Å²) in [6.45, 7) is 0.510. The van der Waals surface area contributed by atoms with Gasteiger partial charge in [-0.1, -0.05) is 11.6 Å². The Morgan fingerprint density at radius 3 is 3.12 bits per heavy atom. The molecule has 2 rings (SSSR count). The number of carboxylic acid groups (broad SMARTS) is 1. The topological polar surface area (TPSA) is 71.5 Å². The van der Waals surface area contributed by atoms with Gasteiger partial charge in [0.25, 0.3) is 0 Å². The summed E-state index contributed by atoms with van der Waals surface area (Å²) < 4.78 is 5.59. The second kappa shape index (κ2) is 4.67. The summed E-state index contributed by atoms with van der Waals surface area (Å²) in [5.41, 5.74) is 0. The molecule has 0 amide bonds. The lowest BCUT2D eigenvalue weighted by molar-refractivity contribution is -0.139. The maximum absolute atomic E-state index is 10.7. The molecule has 16 heavy (non-hydrogen) atoms. The molecule has 2 atom stereocenters. The average molecular weight is 243 g/mol. The number of pyridine rings is 1. The van der Waals surface area contributed by atoms with Crippen molar-refractivity contribution >= 4 is 17.6 Å². The summed E-state index contributed by atoms with van der Waals surface area (Å²) in [7, 11) is 0. The minimum absolute atomic E-state index is 0.166. The highest BCUT2D eigenvalue weighted by Crippen LogP contribution is 2.25. The molecule has 0 radical (unpaired) electrons. The van der Waals surface area contributed by atoms with Crippen molar-refractivity contribution in [2.24, 2.45) is 0 Å². The van der Waals surface area contributed by atoms with Crippen LogP contribution in [-0.2, 0) is 4.79 Å². The van der Waals surface area contributed by atoms with E-state index in [1.165, 1.54) is 6.20 Å². The highest BCUT2D eigenvalue weighted by atomic mass is 35.5. The maximum Gasteiger partial charge on any atom is 0.320 e. The highest BCUT2D eigenvalue weighted by molar-refractivity contribution is 6.31. The maximum atomic E-state index is 10.7. The number of nitrogens with one attached hydrogen (secondary N) is 1. The van der Waals surface area contributed by atoms with Crippen LogP contribution in [0.2, 0.25) is 5.02 Å². The molecule has 1 saturated heterocycles. The fraction of sp³-hybridized carbons (Fsp3) is 0.400. The average Bonchev–Trinajstić information content (AvgIpc) is 2.70. The van der Waals surface area contributed by atoms with Crippen LogP contribution in [0.5, 0.6) is 5.75 Å². The zero-order valence-electron chi connectivity index (χ0n) is 8.39. The van der Waals surface area contributed by atoms with Crippen molar-refractivity contribution in [1.29, 1.82) is 0 Å². The molecule has 1 aromatic heterocycles. The lowest BCUT2D eigenvalue weighted by atomic mass is 10.2. The summed E-state index contributed by atoms with van der Waals surface area (Å²) in [5, 5.41) is 12.1. The molecule has 0 spiro atoms. The number of aliphatic carboxylic acids is 1. The first-order chi connectivity index (χ1) is 7.66. The fourth-order valence-corrected chi connectivity index (χ4v) is 1.78. The number of hydrogen-bond acceptors (Lipinski definition) is 4. The van der Waals surface area contributed by atoms with E-state index in [0.717, 1.165) is 0 Å². The molecular formula is C10H11ClN2O3. The van der Waals surface area contributed by atoms with E-state index in [2.05, 4.69) is 10.3 Å². The Morgan fingerprint density at radius 1 is 1.69 bits per heavy atom. The molecule has 1 fully saturated rings. The van der Waals surface area contributed by atoms with Gasteiger partial charge in [0.2, 0.25) is 0 Å². The van der Waals surface area contributed by atoms with Crippen LogP contribution in [0, 0.1) is 0 Å². The zero-order valence-corrected chi connectivity index (χ0v) is 9.15. The van der Waals surface area contributed by atoms with Crippen molar-refractivity contribution < 1.29 is 14.6 Å². The van der Waals surface area contributed by atoms with E-state index >= 15 is 0 Å². The van der Waals surface area contributed by atoms with Gasteiger partial charge < -0.3 is 15.2 Å². The van der Waals surface area contributed by atoms with Crippen molar-refractivity contribution in [2.45, 2.75) is 18.6 Å². The predicted molar refractivity (Wildman–Crippen MR) is 57.7 cm³/mol. The van der Waals surface area contributed by atoms with Crippen LogP contribution in [0.4, 0.5) is 0 Å². The first kappa shape index (κ1) is 11.2. The van der Waals surface area contributed by atoms with Crippen molar-refractivity contribution in [3.05, 3.63) is 23.5 Å². The number of carbonyl (C=O) groups is 1. The van der Waals surface area contributed by atoms with Crippen molar-refractivity contribution in [1.82, 2.24) is 10.3 Å². The first-order valence-corrected chi connectivity index (χ1v) is 5.27. The van der Waals surface area contributed by atoms with Crippen LogP contribution in [0.1, 0.15) is 6.42 Å². The molecular weight excluding hydrogens is 232 g/mol. The molecule has 5 nitrogen and oxygen atoms in total. The Hall–Kier alpha value is -1.33. The summed E-state index contributed by atoms with van der Waals surface area (Å²) in [6, 6.07) is 1.13. The van der Waals surface area contributed by atoms with Crippen LogP contribution in [-0.4, -0.2) is 34.8 Å². The van der Waals surface area contributed by atoms with Crippen LogP contribution in [0.3, 0.4) is 0 Å². The summed E-state index contributed by atoms with van der Waals surface area (Å²) in [4.78, 5) is 14.6. The normalized spacial score (nSPS) is 24.3. The monoisotopic (exact) mass is 242 g/mol. The van der Waals surface area contributed by atoms with Crippen molar-refractivity contribution in [3.63, 3.8) is 0 Å². The Bertz CT molecular complexity index is 399. The number of nitrogens with zero attached hydrogens (tertiary/aromatic N) is 1. The van der Waals surface area contributed by atoms with E-state index in [9.17, 15) is 4.79 Å². The number of ether oxygens (including phenoxy) is 1. The molecule has 2 heterocycles. The van der Waals surface area contributed by atoms with Gasteiger partial charge in [0.15, 0.2) is 0 Å². The molecule has 6 heteroatoms. The summed E-state index contributed by atoms with van der Waals surface area (Å²) in [5.74, 6) is -0.318. The van der Waals surface area contributed by atoms with Gasteiger partial charge in [-0.2, -0.15) is 0 Å². The molecule has 0 bridgehead atoms. The Kier molecular flexibility index (Phi) is 3.26. The second-order valence-corrected chi connectivity index (χ2v) is 3.99. The van der Waals surface area contributed by atoms with Gasteiger partial charge in [-0.25, -0.2) is 0 Å². The van der Waals surface area contributed by atoms with E-state index in [0.29, 0.717) is 23.7 Å². The SMILES string of the molecule is O=C(O)C1CC(Oc2ccncc2Cl)CN1. The smallest absolute Gasteiger partial charge is 0.320 e. The van der Waals surface area contributed by atoms with Gasteiger partial charge in [0.1, 0.15) is 22.9 Å². The van der Waals surface area contributed by atoms with E-state index in [1.807, 2.05) is 0 Å². The third-order valence-electron chi connectivity index (χ3n) is 2.42. The molecule has 1 aliphatic rings. The largest absolute Gasteiger partial charge is 0.487 e. The molecule has 0 aromatic carbocycles. The van der Waals surface area contributed by atoms with Crippen LogP contribution in [0.15, 0.2) is 18.5 Å². The van der Waals surface area contributed by atoms with E-state index in [1.54, 1.807) is 12.3 Å². The van der Waals surface area contributed by atoms with Crippen molar-refractivity contribution in [3.8, 4) is 5.75 Å². The number of carboxylic acids is 1. The van der Waals surface area contributed by atoms with Crippen LogP contribution < -0.4 is 10.1 Å². The third kappa shape index (κ3) is 2.43. The number of halogens is 1. The van der Waals surface area contributed by atoms with Gasteiger partial charge in [0, 0.05) is 31.4 Å². The van der Waals surface area contributed by atoms with Gasteiger partial charge in [-0.05, 0) is 0 Å². The van der Waals surface area contributed by atoms with Crippen LogP contribution >= 0.6 is 11.6 Å². The zero-order chi connectivity index (χ0) is 11.5. The van der Waals surface area contributed by atoms with E-state index in [4.69, 9.17) is 21.4 Å². The third-order valence-corrected chi connectivity index (χ3v) is 2.70. The van der Waals surface area contributed by atoms with E-state index in [-0.39, 0.29) is 6.10 Å². The molecule has 2 N–H and O–H groups in total. The Morgan fingerprint density at radius 2 is 2.50 bits per heavy atom. The van der Waals surface area contributed by atoms with Gasteiger partial charge in [-0.15, -0.1) is 0 Å². The highest BCUT2D eigenvalue weighted by Gasteiger charge is 2.30. The predicted octanol–water partition coefficient (Wildman–Crippen LogP) is 0.929. The Labute approximate surface area is 97.4 Å². The lowest BCUT2D eigenvalue weighted by Gasteiger charge is -2.13. The molecule has 0 aliphatic carbocycles.